The quantitative estimate of drug-likeness (QED) is 0.550. The van der Waals surface area contributed by atoms with Crippen molar-refractivity contribution in [3.05, 3.63) is 65.2 Å². The van der Waals surface area contributed by atoms with Crippen molar-refractivity contribution < 1.29 is 9.53 Å². The summed E-state index contributed by atoms with van der Waals surface area (Å²) in [6, 6.07) is 9.73. The van der Waals surface area contributed by atoms with Gasteiger partial charge in [-0.25, -0.2) is 4.79 Å². The zero-order chi connectivity index (χ0) is 16.5. The second-order valence-electron chi connectivity index (χ2n) is 5.40. The second kappa shape index (κ2) is 5.94. The smallest absolute Gasteiger partial charge is 0.338 e. The molecule has 0 amide bonds. The van der Waals surface area contributed by atoms with Gasteiger partial charge in [0.05, 0.1) is 12.7 Å². The van der Waals surface area contributed by atoms with Crippen LogP contribution in [0.3, 0.4) is 0 Å². The highest BCUT2D eigenvalue weighted by Crippen LogP contribution is 2.33. The molecule has 4 aromatic rings. The maximum absolute atomic E-state index is 12.1. The minimum atomic E-state index is -0.344. The summed E-state index contributed by atoms with van der Waals surface area (Å²) in [6.45, 7) is 0. The zero-order valence-corrected chi connectivity index (χ0v) is 13.8. The molecule has 0 aliphatic heterocycles. The molecule has 0 saturated heterocycles. The van der Waals surface area contributed by atoms with Gasteiger partial charge in [0.25, 0.3) is 0 Å². The lowest BCUT2D eigenvalue weighted by Crippen LogP contribution is -2.01. The highest BCUT2D eigenvalue weighted by molar-refractivity contribution is 7.08. The predicted octanol–water partition coefficient (Wildman–Crippen LogP) is 4.75. The summed E-state index contributed by atoms with van der Waals surface area (Å²) in [5, 5.41) is 4.99. The van der Waals surface area contributed by atoms with Gasteiger partial charge in [-0.3, -0.25) is 4.98 Å². The Morgan fingerprint density at radius 3 is 2.83 bits per heavy atom. The van der Waals surface area contributed by atoms with Crippen molar-refractivity contribution in [3.8, 4) is 22.3 Å². The van der Waals surface area contributed by atoms with Crippen LogP contribution in [-0.4, -0.2) is 23.0 Å². The molecular weight excluding hydrogens is 320 g/mol. The number of nitrogens with one attached hydrogen (secondary N) is 1. The van der Waals surface area contributed by atoms with E-state index in [0.29, 0.717) is 5.56 Å². The first-order chi connectivity index (χ1) is 11.8. The minimum absolute atomic E-state index is 0.344. The third kappa shape index (κ3) is 2.39. The fourth-order valence-corrected chi connectivity index (χ4v) is 3.53. The number of H-pyrrole nitrogens is 1. The topological polar surface area (TPSA) is 55.0 Å². The average molecular weight is 334 g/mol. The van der Waals surface area contributed by atoms with E-state index in [1.165, 1.54) is 7.11 Å². The maximum Gasteiger partial charge on any atom is 0.338 e. The summed E-state index contributed by atoms with van der Waals surface area (Å²) in [5.74, 6) is -0.344. The number of rotatable bonds is 3. The van der Waals surface area contributed by atoms with Crippen LogP contribution < -0.4 is 0 Å². The number of carbonyl (C=O) groups is 1. The van der Waals surface area contributed by atoms with Crippen LogP contribution in [-0.2, 0) is 4.74 Å². The van der Waals surface area contributed by atoms with E-state index < -0.39 is 0 Å². The number of hydrogen-bond acceptors (Lipinski definition) is 4. The van der Waals surface area contributed by atoms with Crippen LogP contribution in [0.25, 0.3) is 33.2 Å². The molecule has 0 aliphatic carbocycles. The summed E-state index contributed by atoms with van der Waals surface area (Å²) >= 11 is 1.65. The third-order valence-corrected chi connectivity index (χ3v) is 4.70. The number of fused-ring (bicyclic) bond motifs is 1. The first-order valence-corrected chi connectivity index (χ1v) is 8.38. The minimum Gasteiger partial charge on any atom is -0.465 e. The molecule has 4 rings (SSSR count). The average Bonchev–Trinajstić information content (AvgIpc) is 3.30. The van der Waals surface area contributed by atoms with Gasteiger partial charge in [0, 0.05) is 46.2 Å². The Hall–Kier alpha value is -2.92. The normalized spacial score (nSPS) is 10.9. The van der Waals surface area contributed by atoms with E-state index in [4.69, 9.17) is 4.74 Å². The first-order valence-electron chi connectivity index (χ1n) is 7.44. The van der Waals surface area contributed by atoms with Gasteiger partial charge in [0.15, 0.2) is 0 Å². The highest BCUT2D eigenvalue weighted by Gasteiger charge is 2.16. The van der Waals surface area contributed by atoms with Crippen LogP contribution >= 0.6 is 11.3 Å². The van der Waals surface area contributed by atoms with E-state index in [0.717, 1.165) is 33.2 Å². The molecule has 0 spiro atoms. The Morgan fingerprint density at radius 2 is 2.04 bits per heavy atom. The molecule has 3 aromatic heterocycles. The molecule has 5 heteroatoms. The standard InChI is InChI=1S/C19H14N2O2S/c1-23-19(22)15-3-2-4-17-18(15)16(10-21-17)14-7-13(8-20-9-14)12-5-6-24-11-12/h2-11,21H,1H3. The van der Waals surface area contributed by atoms with Crippen molar-refractivity contribution in [2.75, 3.05) is 7.11 Å². The fourth-order valence-electron chi connectivity index (χ4n) is 2.87. The maximum atomic E-state index is 12.1. The van der Waals surface area contributed by atoms with Crippen LogP contribution in [0.1, 0.15) is 10.4 Å². The summed E-state index contributed by atoms with van der Waals surface area (Å²) in [5.41, 5.74) is 5.54. The summed E-state index contributed by atoms with van der Waals surface area (Å²) in [6.07, 6.45) is 5.57. The number of ether oxygens (including phenoxy) is 1. The molecule has 0 radical (unpaired) electrons. The number of carbonyl (C=O) groups excluding carboxylic acids is 1. The SMILES string of the molecule is COC(=O)c1cccc2[nH]cc(-c3cncc(-c4ccsc4)c3)c12. The van der Waals surface area contributed by atoms with E-state index in [9.17, 15) is 4.79 Å². The molecule has 0 aliphatic rings. The monoisotopic (exact) mass is 334 g/mol. The van der Waals surface area contributed by atoms with E-state index in [-0.39, 0.29) is 5.97 Å². The van der Waals surface area contributed by atoms with Gasteiger partial charge in [0.2, 0.25) is 0 Å². The van der Waals surface area contributed by atoms with Crippen LogP contribution in [0.5, 0.6) is 0 Å². The third-order valence-electron chi connectivity index (χ3n) is 4.01. The summed E-state index contributed by atoms with van der Waals surface area (Å²) in [4.78, 5) is 19.7. The number of esters is 1. The van der Waals surface area contributed by atoms with Gasteiger partial charge in [-0.05, 0) is 40.6 Å². The molecule has 0 fully saturated rings. The number of pyridine rings is 1. The molecule has 118 valence electrons. The van der Waals surface area contributed by atoms with Gasteiger partial charge in [-0.15, -0.1) is 0 Å². The Morgan fingerprint density at radius 1 is 1.17 bits per heavy atom. The Kier molecular flexibility index (Phi) is 3.63. The molecule has 0 unspecified atom stereocenters. The molecule has 0 atom stereocenters. The van der Waals surface area contributed by atoms with Crippen molar-refractivity contribution in [2.45, 2.75) is 0 Å². The number of aromatic amines is 1. The Labute approximate surface area is 142 Å². The summed E-state index contributed by atoms with van der Waals surface area (Å²) in [7, 11) is 1.40. The van der Waals surface area contributed by atoms with Crippen molar-refractivity contribution in [2.24, 2.45) is 0 Å². The lowest BCUT2D eigenvalue weighted by atomic mass is 10.00. The zero-order valence-electron chi connectivity index (χ0n) is 12.9. The van der Waals surface area contributed by atoms with Gasteiger partial charge in [0.1, 0.15) is 0 Å². The predicted molar refractivity (Wildman–Crippen MR) is 96.2 cm³/mol. The Balaban J connectivity index is 1.91. The highest BCUT2D eigenvalue weighted by atomic mass is 32.1. The molecule has 0 saturated carbocycles. The number of nitrogens with zero attached hydrogens (tertiary/aromatic N) is 1. The lowest BCUT2D eigenvalue weighted by Gasteiger charge is -2.06. The molecule has 3 heterocycles. The molecule has 1 aromatic carbocycles. The molecule has 1 N–H and O–H groups in total. The molecule has 24 heavy (non-hydrogen) atoms. The van der Waals surface area contributed by atoms with E-state index in [1.807, 2.05) is 36.1 Å². The van der Waals surface area contributed by atoms with Crippen LogP contribution in [0.2, 0.25) is 0 Å². The van der Waals surface area contributed by atoms with Gasteiger partial charge >= 0.3 is 5.97 Å². The number of benzene rings is 1. The largest absolute Gasteiger partial charge is 0.465 e. The van der Waals surface area contributed by atoms with Crippen molar-refractivity contribution >= 4 is 28.2 Å². The first kappa shape index (κ1) is 14.7. The second-order valence-corrected chi connectivity index (χ2v) is 6.18. The fraction of sp³-hybridized carbons (Fsp3) is 0.0526. The van der Waals surface area contributed by atoms with Crippen LogP contribution in [0, 0.1) is 0 Å². The van der Waals surface area contributed by atoms with Crippen LogP contribution in [0.4, 0.5) is 0 Å². The molecular formula is C19H14N2O2S. The lowest BCUT2D eigenvalue weighted by molar-refractivity contribution is 0.0603. The number of hydrogen-bond donors (Lipinski definition) is 1. The van der Waals surface area contributed by atoms with E-state index >= 15 is 0 Å². The molecule has 0 bridgehead atoms. The van der Waals surface area contributed by atoms with Crippen molar-refractivity contribution in [3.63, 3.8) is 0 Å². The summed E-state index contributed by atoms with van der Waals surface area (Å²) < 4.78 is 4.92. The molecule has 4 nitrogen and oxygen atoms in total. The van der Waals surface area contributed by atoms with Crippen LogP contribution in [0.15, 0.2) is 59.7 Å². The van der Waals surface area contributed by atoms with Gasteiger partial charge in [-0.2, -0.15) is 11.3 Å². The van der Waals surface area contributed by atoms with Gasteiger partial charge < -0.3 is 9.72 Å². The van der Waals surface area contributed by atoms with Crippen molar-refractivity contribution in [1.82, 2.24) is 9.97 Å². The number of methoxy groups -OCH3 is 1. The van der Waals surface area contributed by atoms with E-state index in [2.05, 4.69) is 27.5 Å². The van der Waals surface area contributed by atoms with E-state index in [1.54, 1.807) is 17.4 Å². The van der Waals surface area contributed by atoms with Gasteiger partial charge in [-0.1, -0.05) is 6.07 Å². The van der Waals surface area contributed by atoms with Crippen molar-refractivity contribution in [1.29, 1.82) is 0 Å². The number of aromatic nitrogens is 2. The Bertz CT molecular complexity index is 1020. The number of thiophene rings is 1.